The highest BCUT2D eigenvalue weighted by Gasteiger charge is 2.21. The first-order chi connectivity index (χ1) is 11.7. The van der Waals surface area contributed by atoms with Gasteiger partial charge in [-0.15, -0.1) is 0 Å². The molecular weight excluding hydrogens is 318 g/mol. The zero-order valence-corrected chi connectivity index (χ0v) is 15.8. The molecule has 0 spiro atoms. The first kappa shape index (κ1) is 19.2. The smallest absolute Gasteiger partial charge is 0.273 e. The number of aryl methyl sites for hydroxylation is 3. The summed E-state index contributed by atoms with van der Waals surface area (Å²) in [6.45, 7) is 8.36. The minimum atomic E-state index is -0.348. The largest absolute Gasteiger partial charge is 0.354 e. The molecule has 0 radical (unpaired) electrons. The van der Waals surface area contributed by atoms with Crippen LogP contribution in [-0.4, -0.2) is 32.8 Å². The maximum Gasteiger partial charge on any atom is 0.273 e. The van der Waals surface area contributed by atoms with Crippen LogP contribution in [0.25, 0.3) is 11.0 Å². The molecule has 0 bridgehead atoms. The lowest BCUT2D eigenvalue weighted by atomic mass is 9.94. The van der Waals surface area contributed by atoms with E-state index in [-0.39, 0.29) is 17.0 Å². The average Bonchev–Trinajstić information content (AvgIpc) is 2.86. The number of H-pyrrole nitrogens is 1. The van der Waals surface area contributed by atoms with E-state index in [0.717, 1.165) is 29.7 Å². The van der Waals surface area contributed by atoms with Crippen molar-refractivity contribution in [2.75, 3.05) is 6.54 Å². The predicted molar refractivity (Wildman–Crippen MR) is 99.6 cm³/mol. The predicted octanol–water partition coefficient (Wildman–Crippen LogP) is 1.44. The van der Waals surface area contributed by atoms with Gasteiger partial charge in [-0.2, -0.15) is 0 Å². The minimum absolute atomic E-state index is 0.0300. The van der Waals surface area contributed by atoms with Crippen molar-refractivity contribution in [1.82, 2.24) is 20.1 Å². The van der Waals surface area contributed by atoms with Crippen LogP contribution in [0.4, 0.5) is 0 Å². The third kappa shape index (κ3) is 3.92. The van der Waals surface area contributed by atoms with Gasteiger partial charge in [0.1, 0.15) is 0 Å². The van der Waals surface area contributed by atoms with E-state index in [2.05, 4.69) is 15.4 Å². The number of hydrogen-bond acceptors (Lipinski definition) is 4. The van der Waals surface area contributed by atoms with Crippen molar-refractivity contribution in [3.8, 4) is 0 Å². The van der Waals surface area contributed by atoms with Gasteiger partial charge < -0.3 is 11.1 Å². The van der Waals surface area contributed by atoms with Crippen molar-refractivity contribution in [3.05, 3.63) is 27.2 Å². The van der Waals surface area contributed by atoms with Gasteiger partial charge in [-0.05, 0) is 44.2 Å². The summed E-state index contributed by atoms with van der Waals surface area (Å²) in [4.78, 5) is 28.8. The molecule has 0 unspecified atom stereocenters. The number of fused-ring (bicyclic) bond motifs is 1. The molecule has 0 saturated carbocycles. The van der Waals surface area contributed by atoms with E-state index in [0.29, 0.717) is 30.4 Å². The molecule has 1 amide bonds. The third-order valence-corrected chi connectivity index (χ3v) is 5.22. The van der Waals surface area contributed by atoms with Gasteiger partial charge in [0, 0.05) is 31.2 Å². The summed E-state index contributed by atoms with van der Waals surface area (Å²) in [5, 5.41) is 6.26. The molecule has 0 atom stereocenters. The summed E-state index contributed by atoms with van der Waals surface area (Å²) in [5.41, 5.74) is 9.08. The second-order valence-corrected chi connectivity index (χ2v) is 6.85. The number of hydrogen-bond donors (Lipinski definition) is 3. The number of nitrogens with two attached hydrogens (primary N) is 1. The van der Waals surface area contributed by atoms with Gasteiger partial charge in [-0.3, -0.25) is 19.4 Å². The fourth-order valence-electron chi connectivity index (χ4n) is 3.12. The Hall–Kier alpha value is -2.15. The van der Waals surface area contributed by atoms with Crippen molar-refractivity contribution in [2.45, 2.75) is 58.9 Å². The SMILES string of the molecule is CCC(N)(CC)CNC(=O)CCc1c(C)nc2c(c1C)c(=O)[nH]n2C. The molecular formula is C18H29N5O2. The second-order valence-electron chi connectivity index (χ2n) is 6.85. The molecule has 25 heavy (non-hydrogen) atoms. The number of carbonyl (C=O) groups excluding carboxylic acids is 1. The molecule has 0 aliphatic rings. The zero-order valence-electron chi connectivity index (χ0n) is 15.8. The van der Waals surface area contributed by atoms with E-state index < -0.39 is 0 Å². The Balaban J connectivity index is 2.12. The molecule has 2 rings (SSSR count). The Morgan fingerprint density at radius 2 is 1.96 bits per heavy atom. The van der Waals surface area contributed by atoms with Gasteiger partial charge in [0.25, 0.3) is 5.56 Å². The van der Waals surface area contributed by atoms with E-state index in [1.54, 1.807) is 11.7 Å². The van der Waals surface area contributed by atoms with Crippen molar-refractivity contribution in [3.63, 3.8) is 0 Å². The molecule has 2 aromatic heterocycles. The van der Waals surface area contributed by atoms with E-state index >= 15 is 0 Å². The summed E-state index contributed by atoms with van der Waals surface area (Å²) in [5.74, 6) is -0.0300. The van der Waals surface area contributed by atoms with Gasteiger partial charge in [0.15, 0.2) is 5.65 Å². The van der Waals surface area contributed by atoms with Crippen LogP contribution in [0.5, 0.6) is 0 Å². The van der Waals surface area contributed by atoms with Crippen LogP contribution < -0.4 is 16.6 Å². The van der Waals surface area contributed by atoms with Crippen molar-refractivity contribution < 1.29 is 4.79 Å². The Kier molecular flexibility index (Phi) is 5.67. The molecule has 0 aliphatic carbocycles. The number of aromatic nitrogens is 3. The van der Waals surface area contributed by atoms with E-state index in [1.165, 1.54) is 0 Å². The summed E-state index contributed by atoms with van der Waals surface area (Å²) in [6, 6.07) is 0. The molecule has 0 aromatic carbocycles. The number of pyridine rings is 1. The lowest BCUT2D eigenvalue weighted by molar-refractivity contribution is -0.121. The van der Waals surface area contributed by atoms with Crippen LogP contribution in [0.2, 0.25) is 0 Å². The van der Waals surface area contributed by atoms with Crippen LogP contribution in [0.1, 0.15) is 49.9 Å². The van der Waals surface area contributed by atoms with Crippen molar-refractivity contribution >= 4 is 16.9 Å². The summed E-state index contributed by atoms with van der Waals surface area (Å²) >= 11 is 0. The fourth-order valence-corrected chi connectivity index (χ4v) is 3.12. The van der Waals surface area contributed by atoms with Gasteiger partial charge in [-0.25, -0.2) is 4.98 Å². The number of nitrogens with one attached hydrogen (secondary N) is 2. The molecule has 0 saturated heterocycles. The van der Waals surface area contributed by atoms with E-state index in [4.69, 9.17) is 5.73 Å². The number of carbonyl (C=O) groups is 1. The Labute approximate surface area is 148 Å². The average molecular weight is 347 g/mol. The Bertz CT molecular complexity index is 830. The van der Waals surface area contributed by atoms with Gasteiger partial charge in [0.2, 0.25) is 5.91 Å². The highest BCUT2D eigenvalue weighted by atomic mass is 16.1. The van der Waals surface area contributed by atoms with E-state index in [9.17, 15) is 9.59 Å². The lowest BCUT2D eigenvalue weighted by Gasteiger charge is -2.26. The molecule has 138 valence electrons. The Morgan fingerprint density at radius 1 is 1.32 bits per heavy atom. The van der Waals surface area contributed by atoms with E-state index in [1.807, 2.05) is 27.7 Å². The highest BCUT2D eigenvalue weighted by molar-refractivity contribution is 5.81. The maximum absolute atomic E-state index is 12.2. The van der Waals surface area contributed by atoms with Crippen LogP contribution in [0, 0.1) is 13.8 Å². The van der Waals surface area contributed by atoms with Crippen LogP contribution in [0.3, 0.4) is 0 Å². The number of amides is 1. The minimum Gasteiger partial charge on any atom is -0.354 e. The van der Waals surface area contributed by atoms with Crippen LogP contribution >= 0.6 is 0 Å². The normalized spacial score (nSPS) is 11.9. The molecule has 7 heteroatoms. The monoisotopic (exact) mass is 347 g/mol. The number of aromatic amines is 1. The quantitative estimate of drug-likeness (QED) is 0.705. The standard InChI is InChI=1S/C18H29N5O2/c1-6-18(19,7-2)10-20-14(24)9-8-13-11(3)15-16(21-12(13)4)23(5)22-17(15)25/h6-10,19H2,1-5H3,(H,20,24)(H,22,25). The highest BCUT2D eigenvalue weighted by Crippen LogP contribution is 2.21. The molecule has 4 N–H and O–H groups in total. The summed E-state index contributed by atoms with van der Waals surface area (Å²) in [7, 11) is 1.77. The molecule has 7 nitrogen and oxygen atoms in total. The van der Waals surface area contributed by atoms with Crippen LogP contribution in [-0.2, 0) is 18.3 Å². The fraction of sp³-hybridized carbons (Fsp3) is 0.611. The number of rotatable bonds is 7. The van der Waals surface area contributed by atoms with Gasteiger partial charge in [-0.1, -0.05) is 13.8 Å². The molecule has 0 fully saturated rings. The zero-order chi connectivity index (χ0) is 18.8. The molecule has 2 heterocycles. The van der Waals surface area contributed by atoms with Gasteiger partial charge in [0.05, 0.1) is 5.39 Å². The maximum atomic E-state index is 12.2. The van der Waals surface area contributed by atoms with Crippen molar-refractivity contribution in [1.29, 1.82) is 0 Å². The summed E-state index contributed by atoms with van der Waals surface area (Å²) < 4.78 is 1.63. The van der Waals surface area contributed by atoms with Gasteiger partial charge >= 0.3 is 0 Å². The topological polar surface area (TPSA) is 106 Å². The summed E-state index contributed by atoms with van der Waals surface area (Å²) in [6.07, 6.45) is 2.54. The first-order valence-corrected chi connectivity index (χ1v) is 8.82. The molecule has 0 aliphatic heterocycles. The van der Waals surface area contributed by atoms with Crippen LogP contribution in [0.15, 0.2) is 4.79 Å². The molecule has 2 aromatic rings. The lowest BCUT2D eigenvalue weighted by Crippen LogP contribution is -2.49. The third-order valence-electron chi connectivity index (χ3n) is 5.22. The number of nitrogens with zero attached hydrogens (tertiary/aromatic N) is 2. The van der Waals surface area contributed by atoms with Crippen molar-refractivity contribution in [2.24, 2.45) is 12.8 Å². The second kappa shape index (κ2) is 7.39. The Morgan fingerprint density at radius 3 is 2.56 bits per heavy atom. The first-order valence-electron chi connectivity index (χ1n) is 8.82.